The average molecular weight is 764 g/mol. The number of nitrogens with one attached hydrogen (secondary N) is 5. The van der Waals surface area contributed by atoms with E-state index in [0.717, 1.165) is 44.3 Å². The Labute approximate surface area is 315 Å². The Morgan fingerprint density at radius 3 is 2.52 bits per heavy atom. The summed E-state index contributed by atoms with van der Waals surface area (Å²) in [5, 5.41) is 16.6. The van der Waals surface area contributed by atoms with Crippen LogP contribution in [0.15, 0.2) is 59.5 Å². The quantitative estimate of drug-likeness (QED) is 0.0731. The molecule has 2 saturated heterocycles. The Bertz CT molecular complexity index is 2060. The number of aryl methyl sites for hydroxylation is 1. The third-order valence-corrected chi connectivity index (χ3v) is 12.6. The molecule has 1 spiro atoms. The second-order valence-corrected chi connectivity index (χ2v) is 15.9. The van der Waals surface area contributed by atoms with Crippen molar-refractivity contribution in [3.63, 3.8) is 0 Å². The van der Waals surface area contributed by atoms with Gasteiger partial charge in [-0.2, -0.15) is 16.7 Å². The minimum atomic E-state index is -0.287. The molecule has 52 heavy (non-hydrogen) atoms. The summed E-state index contributed by atoms with van der Waals surface area (Å²) in [7, 11) is 1.64. The summed E-state index contributed by atoms with van der Waals surface area (Å²) in [5.41, 5.74) is 2.37. The number of hydrogen-bond donors (Lipinski definition) is 5. The molecule has 15 heteroatoms. The van der Waals surface area contributed by atoms with Crippen molar-refractivity contribution < 1.29 is 14.4 Å². The summed E-state index contributed by atoms with van der Waals surface area (Å²) >= 11 is 14.7. The van der Waals surface area contributed by atoms with Crippen molar-refractivity contribution in [3.8, 4) is 11.1 Å². The first kappa shape index (κ1) is 36.0. The van der Waals surface area contributed by atoms with Crippen LogP contribution in [0.4, 0.5) is 22.1 Å². The number of hydrogen-bond acceptors (Lipinski definition) is 8. The van der Waals surface area contributed by atoms with E-state index < -0.39 is 0 Å². The van der Waals surface area contributed by atoms with E-state index >= 15 is 0 Å². The molecule has 272 valence electrons. The van der Waals surface area contributed by atoms with Gasteiger partial charge in [0, 0.05) is 65.5 Å². The lowest BCUT2D eigenvalue weighted by molar-refractivity contribution is -0.121. The largest absolute Gasteiger partial charge is 0.356 e. The number of pyridine rings is 1. The summed E-state index contributed by atoms with van der Waals surface area (Å²) in [5.74, 6) is 1.85. The van der Waals surface area contributed by atoms with Crippen LogP contribution in [0.5, 0.6) is 0 Å². The molecule has 4 amide bonds. The minimum absolute atomic E-state index is 0.0514. The molecule has 1 aliphatic carbocycles. The SMILES string of the molecule is Cn1c(=O)c(-c2c(Cl)cccc2Cl)cc2cnc(Nc3ccc(NC(=O)CCCCCNC(=O)CCC[C@H]4CC45SC[C@@H]4NC(=O)NC45)cc3)nc21. The Morgan fingerprint density at radius 1 is 0.981 bits per heavy atom. The molecule has 2 aromatic heterocycles. The van der Waals surface area contributed by atoms with Crippen molar-refractivity contribution in [2.75, 3.05) is 22.9 Å². The van der Waals surface area contributed by atoms with E-state index in [0.29, 0.717) is 74.8 Å². The first-order valence-electron chi connectivity index (χ1n) is 17.6. The van der Waals surface area contributed by atoms with Gasteiger partial charge in [0.05, 0.1) is 27.7 Å². The molecular formula is C37H40Cl2N8O4S. The highest BCUT2D eigenvalue weighted by Gasteiger charge is 2.66. The van der Waals surface area contributed by atoms with Gasteiger partial charge in [-0.15, -0.1) is 0 Å². The maximum Gasteiger partial charge on any atom is 0.315 e. The number of nitrogens with zero attached hydrogens (tertiary/aromatic N) is 3. The van der Waals surface area contributed by atoms with Crippen molar-refractivity contribution in [2.45, 2.75) is 68.2 Å². The number of benzene rings is 2. The predicted octanol–water partition coefficient (Wildman–Crippen LogP) is 6.39. The maximum absolute atomic E-state index is 13.2. The van der Waals surface area contributed by atoms with Gasteiger partial charge >= 0.3 is 6.03 Å². The highest BCUT2D eigenvalue weighted by molar-refractivity contribution is 8.01. The number of halogens is 2. The molecule has 12 nitrogen and oxygen atoms in total. The number of thioether (sulfide) groups is 1. The molecule has 0 bridgehead atoms. The van der Waals surface area contributed by atoms with Gasteiger partial charge in [0.1, 0.15) is 5.65 Å². The molecule has 2 unspecified atom stereocenters. The molecule has 7 rings (SSSR count). The van der Waals surface area contributed by atoms with Crippen LogP contribution in [-0.2, 0) is 16.6 Å². The monoisotopic (exact) mass is 762 g/mol. The number of amides is 4. The smallest absolute Gasteiger partial charge is 0.315 e. The van der Waals surface area contributed by atoms with Crippen LogP contribution >= 0.6 is 35.0 Å². The third kappa shape index (κ3) is 7.72. The van der Waals surface area contributed by atoms with E-state index in [1.165, 1.54) is 4.57 Å². The molecule has 5 N–H and O–H groups in total. The van der Waals surface area contributed by atoms with Crippen molar-refractivity contribution in [1.29, 1.82) is 0 Å². The standard InChI is InChI=1S/C37H40Cl2N8O4S/c1-47-33-21(17-25(34(47)50)31-26(38)8-6-9-27(31)39)19-41-35(46-33)43-24-14-12-23(13-15-24)42-30(49)10-3-2-4-16-40-29(48)11-5-7-22-18-37(22)32-28(20-52-37)44-36(51)45-32/h6,8-9,12-15,17,19,22,28,32H,2-5,7,10-11,16,18,20H2,1H3,(H,40,48)(H,42,49)(H,41,43,46)(H2,44,45,51)/t22-,28-,32?,37?/m0/s1. The second kappa shape index (κ2) is 15.3. The predicted molar refractivity (Wildman–Crippen MR) is 206 cm³/mol. The molecule has 2 aliphatic heterocycles. The van der Waals surface area contributed by atoms with Gasteiger partial charge in [0.15, 0.2) is 0 Å². The Morgan fingerprint density at radius 2 is 1.73 bits per heavy atom. The Hall–Kier alpha value is -4.33. The van der Waals surface area contributed by atoms with Crippen molar-refractivity contribution >= 4 is 81.2 Å². The molecule has 2 aromatic carbocycles. The minimum Gasteiger partial charge on any atom is -0.356 e. The van der Waals surface area contributed by atoms with Crippen LogP contribution in [0.2, 0.25) is 10.0 Å². The van der Waals surface area contributed by atoms with Gasteiger partial charge in [-0.1, -0.05) is 35.7 Å². The zero-order valence-corrected chi connectivity index (χ0v) is 31.0. The van der Waals surface area contributed by atoms with Crippen LogP contribution in [0, 0.1) is 5.92 Å². The average Bonchev–Trinajstić information content (AvgIpc) is 3.54. The molecular weight excluding hydrogens is 723 g/mol. The first-order chi connectivity index (χ1) is 25.1. The zero-order chi connectivity index (χ0) is 36.4. The van der Waals surface area contributed by atoms with Gasteiger partial charge in [-0.25, -0.2) is 9.78 Å². The van der Waals surface area contributed by atoms with E-state index in [1.54, 1.807) is 49.6 Å². The van der Waals surface area contributed by atoms with Crippen molar-refractivity contribution in [3.05, 3.63) is 75.1 Å². The number of anilines is 3. The molecule has 3 fully saturated rings. The fourth-order valence-electron chi connectivity index (χ4n) is 7.34. The van der Waals surface area contributed by atoms with Gasteiger partial charge < -0.3 is 26.6 Å². The zero-order valence-electron chi connectivity index (χ0n) is 28.6. The number of carbonyl (C=O) groups is 3. The molecule has 4 heterocycles. The van der Waals surface area contributed by atoms with Crippen LogP contribution in [0.25, 0.3) is 22.2 Å². The normalized spacial score (nSPS) is 21.4. The summed E-state index contributed by atoms with van der Waals surface area (Å²) in [6.07, 6.45) is 7.92. The lowest BCUT2D eigenvalue weighted by atomic mass is 10.0. The van der Waals surface area contributed by atoms with Gasteiger partial charge in [0.25, 0.3) is 5.56 Å². The lowest BCUT2D eigenvalue weighted by Gasteiger charge is -2.17. The number of carbonyl (C=O) groups excluding carboxylic acids is 3. The number of rotatable bonds is 14. The van der Waals surface area contributed by atoms with Crippen LogP contribution < -0.4 is 32.1 Å². The molecule has 0 radical (unpaired) electrons. The van der Waals surface area contributed by atoms with Crippen LogP contribution in [0.1, 0.15) is 51.4 Å². The van der Waals surface area contributed by atoms with Gasteiger partial charge in [0.2, 0.25) is 17.8 Å². The number of unbranched alkanes of at least 4 members (excludes halogenated alkanes) is 2. The number of urea groups is 1. The summed E-state index contributed by atoms with van der Waals surface area (Å²) < 4.78 is 1.62. The first-order valence-corrected chi connectivity index (χ1v) is 19.3. The van der Waals surface area contributed by atoms with E-state index in [9.17, 15) is 19.2 Å². The molecule has 3 aliphatic rings. The van der Waals surface area contributed by atoms with E-state index in [2.05, 4.69) is 36.6 Å². The fourth-order valence-corrected chi connectivity index (χ4v) is 9.79. The van der Waals surface area contributed by atoms with E-state index in [1.807, 2.05) is 23.9 Å². The number of fused-ring (bicyclic) bond motifs is 3. The summed E-state index contributed by atoms with van der Waals surface area (Å²) in [6.45, 7) is 0.606. The maximum atomic E-state index is 13.2. The van der Waals surface area contributed by atoms with Gasteiger partial charge in [-0.05, 0) is 80.5 Å². The van der Waals surface area contributed by atoms with E-state index in [4.69, 9.17) is 23.2 Å². The van der Waals surface area contributed by atoms with E-state index in [-0.39, 0.29) is 40.2 Å². The van der Waals surface area contributed by atoms with Crippen molar-refractivity contribution in [1.82, 2.24) is 30.5 Å². The molecule has 4 atom stereocenters. The van der Waals surface area contributed by atoms with Gasteiger partial charge in [-0.3, -0.25) is 19.0 Å². The highest BCUT2D eigenvalue weighted by Crippen LogP contribution is 2.63. The fraction of sp³-hybridized carbons (Fsp3) is 0.405. The summed E-state index contributed by atoms with van der Waals surface area (Å²) in [4.78, 5) is 58.8. The third-order valence-electron chi connectivity index (χ3n) is 10.1. The second-order valence-electron chi connectivity index (χ2n) is 13.7. The van der Waals surface area contributed by atoms with Crippen LogP contribution in [-0.4, -0.2) is 61.5 Å². The topological polar surface area (TPSA) is 159 Å². The lowest BCUT2D eigenvalue weighted by Crippen LogP contribution is -2.39. The molecule has 1 saturated carbocycles. The Balaban J connectivity index is 0.797. The summed E-state index contributed by atoms with van der Waals surface area (Å²) in [6, 6.07) is 14.4. The van der Waals surface area contributed by atoms with Crippen LogP contribution in [0.3, 0.4) is 0 Å². The van der Waals surface area contributed by atoms with Crippen molar-refractivity contribution in [2.24, 2.45) is 13.0 Å². The Kier molecular flexibility index (Phi) is 10.6. The number of aromatic nitrogens is 3. The highest BCUT2D eigenvalue weighted by atomic mass is 35.5. The molecule has 4 aromatic rings.